The molecule has 0 aromatic rings. The molecule has 1 amide bonds. The molecule has 1 aliphatic rings. The van der Waals surface area contributed by atoms with E-state index in [1.54, 1.807) is 0 Å². The van der Waals surface area contributed by atoms with Gasteiger partial charge in [-0.15, -0.1) is 0 Å². The average molecular weight is 770 g/mol. The van der Waals surface area contributed by atoms with E-state index in [-0.39, 0.29) is 12.3 Å². The molecule has 7 N–H and O–H groups in total. The maximum atomic E-state index is 13.0. The van der Waals surface area contributed by atoms with Crippen LogP contribution in [0.2, 0.25) is 0 Å². The highest BCUT2D eigenvalue weighted by atomic mass is 32.3. The Kier molecular flexibility index (Phi) is 28.6. The van der Waals surface area contributed by atoms with Crippen molar-refractivity contribution in [2.24, 2.45) is 0 Å². The van der Waals surface area contributed by atoms with Gasteiger partial charge in [-0.3, -0.25) is 9.35 Å². The molecule has 0 aromatic carbocycles. The third-order valence-corrected chi connectivity index (χ3v) is 10.5. The molecule has 8 atom stereocenters. The van der Waals surface area contributed by atoms with Crippen LogP contribution >= 0.6 is 0 Å². The summed E-state index contributed by atoms with van der Waals surface area (Å²) in [4.78, 5) is 13.0. The molecule has 1 aliphatic heterocycles. The minimum absolute atomic E-state index is 0.209. The molecule has 1 rings (SSSR count). The highest BCUT2D eigenvalue weighted by Gasteiger charge is 2.48. The number of nitrogens with one attached hydrogen (secondary N) is 1. The second-order valence-electron chi connectivity index (χ2n) is 14.7. The van der Waals surface area contributed by atoms with Crippen molar-refractivity contribution in [1.29, 1.82) is 0 Å². The van der Waals surface area contributed by atoms with Crippen LogP contribution in [0, 0.1) is 0 Å². The number of ether oxygens (including phenoxy) is 2. The number of carbonyl (C=O) groups is 1. The van der Waals surface area contributed by atoms with Gasteiger partial charge >= 0.3 is 10.4 Å². The number of unbranched alkanes of at least 4 members (excludes halogenated alkanes) is 21. The molecule has 13 nitrogen and oxygen atoms in total. The Bertz CT molecular complexity index is 974. The molecule has 14 heteroatoms. The van der Waals surface area contributed by atoms with E-state index in [9.17, 15) is 38.7 Å². The van der Waals surface area contributed by atoms with E-state index >= 15 is 0 Å². The monoisotopic (exact) mass is 770 g/mol. The van der Waals surface area contributed by atoms with Gasteiger partial charge in [-0.05, 0) is 12.8 Å². The first-order valence-electron chi connectivity index (χ1n) is 20.5. The molecule has 0 saturated carbocycles. The van der Waals surface area contributed by atoms with Crippen LogP contribution in [-0.2, 0) is 28.9 Å². The summed E-state index contributed by atoms with van der Waals surface area (Å²) in [7, 11) is -5.11. The van der Waals surface area contributed by atoms with Crippen molar-refractivity contribution in [2.75, 3.05) is 13.2 Å². The molecule has 1 saturated heterocycles. The van der Waals surface area contributed by atoms with Gasteiger partial charge in [0, 0.05) is 6.42 Å². The first-order chi connectivity index (χ1) is 24.9. The topological polar surface area (TPSA) is 212 Å². The van der Waals surface area contributed by atoms with Gasteiger partial charge in [0.15, 0.2) is 6.29 Å². The lowest BCUT2D eigenvalue weighted by molar-refractivity contribution is -0.299. The fourth-order valence-electron chi connectivity index (χ4n) is 6.73. The first kappa shape index (κ1) is 49.1. The molecule has 0 unspecified atom stereocenters. The van der Waals surface area contributed by atoms with Crippen molar-refractivity contribution in [3.8, 4) is 0 Å². The molecule has 0 radical (unpaired) electrons. The number of hydrogen-bond acceptors (Lipinski definition) is 11. The van der Waals surface area contributed by atoms with Crippen LogP contribution in [0.3, 0.4) is 0 Å². The van der Waals surface area contributed by atoms with Crippen LogP contribution < -0.4 is 5.32 Å². The molecule has 0 bridgehead atoms. The Morgan fingerprint density at radius 1 is 0.712 bits per heavy atom. The number of aliphatic hydroxyl groups is 5. The van der Waals surface area contributed by atoms with Crippen LogP contribution in [0.15, 0.2) is 0 Å². The Balaban J connectivity index is 2.65. The highest BCUT2D eigenvalue weighted by Crippen LogP contribution is 2.26. The molecule has 1 fully saturated rings. The molecule has 0 aliphatic carbocycles. The molecule has 52 heavy (non-hydrogen) atoms. The molecular weight excluding hydrogens is 694 g/mol. The van der Waals surface area contributed by atoms with E-state index in [1.165, 1.54) is 96.3 Å². The SMILES string of the molecule is CCCCCCCCCCCCCC[C@@H](O)[C@@H](O)[C@H](CO[C@@H]1O[C@H](CO)[C@H](O)[C@H](OS(=O)(=O)O)[C@H]1O)NC(=O)CCCCCCCCCCCCC. The largest absolute Gasteiger partial charge is 0.397 e. The van der Waals surface area contributed by atoms with Gasteiger partial charge in [0.25, 0.3) is 0 Å². The summed E-state index contributed by atoms with van der Waals surface area (Å²) in [6.45, 7) is 3.17. The van der Waals surface area contributed by atoms with Crippen molar-refractivity contribution in [2.45, 2.75) is 223 Å². The van der Waals surface area contributed by atoms with Crippen molar-refractivity contribution in [1.82, 2.24) is 5.32 Å². The Morgan fingerprint density at radius 3 is 1.60 bits per heavy atom. The maximum Gasteiger partial charge on any atom is 0.397 e. The number of hydrogen-bond donors (Lipinski definition) is 7. The van der Waals surface area contributed by atoms with Crippen LogP contribution in [0.4, 0.5) is 0 Å². The summed E-state index contributed by atoms with van der Waals surface area (Å²) < 4.78 is 47.3. The zero-order chi connectivity index (χ0) is 38.6. The molecular formula is C38H75NO12S. The van der Waals surface area contributed by atoms with Gasteiger partial charge in [-0.25, -0.2) is 4.18 Å². The van der Waals surface area contributed by atoms with Gasteiger partial charge in [0.2, 0.25) is 5.91 Å². The third-order valence-electron chi connectivity index (χ3n) is 10.0. The second kappa shape index (κ2) is 30.3. The van der Waals surface area contributed by atoms with Gasteiger partial charge in [-0.2, -0.15) is 8.42 Å². The van der Waals surface area contributed by atoms with E-state index < -0.39 is 72.6 Å². The lowest BCUT2D eigenvalue weighted by Gasteiger charge is -2.41. The second-order valence-corrected chi connectivity index (χ2v) is 15.8. The van der Waals surface area contributed by atoms with Crippen molar-refractivity contribution < 1.29 is 57.0 Å². The third kappa shape index (κ3) is 23.1. The summed E-state index contributed by atoms with van der Waals surface area (Å²) in [5.74, 6) is -0.345. The maximum absolute atomic E-state index is 13.0. The minimum Gasteiger partial charge on any atom is -0.394 e. The minimum atomic E-state index is -5.11. The number of aliphatic hydroxyl groups excluding tert-OH is 5. The molecule has 1 heterocycles. The highest BCUT2D eigenvalue weighted by molar-refractivity contribution is 7.80. The fraction of sp³-hybridized carbons (Fsp3) is 0.974. The van der Waals surface area contributed by atoms with Gasteiger partial charge in [0.05, 0.1) is 25.4 Å². The smallest absolute Gasteiger partial charge is 0.394 e. The standard InChI is InChI=1S/C38H75NO12S/c1-3-5-7-9-11-13-15-17-18-20-22-24-26-31(41)34(43)30(39-33(42)27-25-23-21-19-16-14-12-10-8-6-4-2)29-49-38-36(45)37(51-52(46,47)48)35(44)32(28-40)50-38/h30-32,34-38,40-41,43-45H,3-29H2,1-2H3,(H,39,42)(H,46,47,48)/t30-,31+,32+,34-,35-,36+,37-,38+/m0/s1. The summed E-state index contributed by atoms with van der Waals surface area (Å²) in [5, 5.41) is 55.4. The first-order valence-corrected chi connectivity index (χ1v) is 21.9. The average Bonchev–Trinajstić information content (AvgIpc) is 3.11. The summed E-state index contributed by atoms with van der Waals surface area (Å²) >= 11 is 0. The Labute approximate surface area is 314 Å². The van der Waals surface area contributed by atoms with Gasteiger partial charge in [-0.1, -0.05) is 155 Å². The van der Waals surface area contributed by atoms with E-state index in [2.05, 4.69) is 23.3 Å². The van der Waals surface area contributed by atoms with E-state index in [1.807, 2.05) is 0 Å². The normalized spacial score (nSPS) is 22.7. The zero-order valence-corrected chi connectivity index (χ0v) is 33.1. The van der Waals surface area contributed by atoms with Crippen molar-refractivity contribution >= 4 is 16.3 Å². The van der Waals surface area contributed by atoms with Crippen LogP contribution in [0.1, 0.15) is 174 Å². The summed E-state index contributed by atoms with van der Waals surface area (Å²) in [5.41, 5.74) is 0. The van der Waals surface area contributed by atoms with Crippen molar-refractivity contribution in [3.63, 3.8) is 0 Å². The predicted molar refractivity (Wildman–Crippen MR) is 201 cm³/mol. The number of amides is 1. The van der Waals surface area contributed by atoms with Gasteiger partial charge < -0.3 is 40.3 Å². The number of rotatable bonds is 34. The Hall–Kier alpha value is -0.940. The lowest BCUT2D eigenvalue weighted by Crippen LogP contribution is -2.61. The Morgan fingerprint density at radius 2 is 1.15 bits per heavy atom. The molecule has 310 valence electrons. The van der Waals surface area contributed by atoms with E-state index in [0.29, 0.717) is 19.3 Å². The lowest BCUT2D eigenvalue weighted by atomic mass is 9.98. The zero-order valence-electron chi connectivity index (χ0n) is 32.3. The number of carbonyl (C=O) groups excluding carboxylic acids is 1. The fourth-order valence-corrected chi connectivity index (χ4v) is 7.24. The van der Waals surface area contributed by atoms with Gasteiger partial charge in [0.1, 0.15) is 30.5 Å². The van der Waals surface area contributed by atoms with Crippen LogP contribution in [0.5, 0.6) is 0 Å². The van der Waals surface area contributed by atoms with E-state index in [0.717, 1.165) is 38.5 Å². The quantitative estimate of drug-likeness (QED) is 0.0314. The van der Waals surface area contributed by atoms with Crippen molar-refractivity contribution in [3.05, 3.63) is 0 Å². The van der Waals surface area contributed by atoms with Crippen LogP contribution in [0.25, 0.3) is 0 Å². The van der Waals surface area contributed by atoms with Crippen LogP contribution in [-0.4, -0.2) is 107 Å². The molecule has 0 spiro atoms. The van der Waals surface area contributed by atoms with E-state index in [4.69, 9.17) is 14.0 Å². The summed E-state index contributed by atoms with van der Waals surface area (Å²) in [6.07, 6.45) is 15.5. The predicted octanol–water partition coefficient (Wildman–Crippen LogP) is 5.63. The molecule has 0 aromatic heterocycles. The summed E-state index contributed by atoms with van der Waals surface area (Å²) in [6, 6.07) is -1.12.